The Kier molecular flexibility index (Phi) is 4.01. The van der Waals surface area contributed by atoms with E-state index in [9.17, 15) is 4.79 Å². The molecule has 0 spiro atoms. The number of anilines is 1. The average Bonchev–Trinajstić information content (AvgIpc) is 3.23. The Morgan fingerprint density at radius 2 is 1.92 bits per heavy atom. The third-order valence-electron chi connectivity index (χ3n) is 4.37. The van der Waals surface area contributed by atoms with Gasteiger partial charge in [-0.25, -0.2) is 0 Å². The van der Waals surface area contributed by atoms with Crippen molar-refractivity contribution in [2.24, 2.45) is 0 Å². The molecule has 0 saturated carbocycles. The second-order valence-electron chi connectivity index (χ2n) is 6.18. The van der Waals surface area contributed by atoms with Crippen LogP contribution in [-0.4, -0.2) is 22.6 Å². The highest BCUT2D eigenvalue weighted by molar-refractivity contribution is 6.33. The van der Waals surface area contributed by atoms with Crippen molar-refractivity contribution in [3.63, 3.8) is 0 Å². The van der Waals surface area contributed by atoms with Crippen molar-refractivity contribution in [3.05, 3.63) is 65.0 Å². The first kappa shape index (κ1) is 15.8. The molecule has 126 valence electrons. The van der Waals surface area contributed by atoms with Crippen LogP contribution in [0.3, 0.4) is 0 Å². The van der Waals surface area contributed by atoms with Gasteiger partial charge in [-0.05, 0) is 19.1 Å². The predicted molar refractivity (Wildman–Crippen MR) is 95.6 cm³/mol. The van der Waals surface area contributed by atoms with Crippen molar-refractivity contribution in [1.82, 2.24) is 10.1 Å². The molecule has 1 fully saturated rings. The smallest absolute Gasteiger partial charge is 0.232 e. The number of para-hydroxylation sites is 1. The summed E-state index contributed by atoms with van der Waals surface area (Å²) >= 11 is 6.21. The molecule has 0 aliphatic carbocycles. The Balaban J connectivity index is 1.57. The molecule has 25 heavy (non-hydrogen) atoms. The zero-order chi connectivity index (χ0) is 17.4. The van der Waals surface area contributed by atoms with Crippen LogP contribution >= 0.6 is 11.6 Å². The first-order valence-corrected chi connectivity index (χ1v) is 8.45. The summed E-state index contributed by atoms with van der Waals surface area (Å²) in [6.45, 7) is 2.51. The number of amides is 1. The molecule has 1 saturated heterocycles. The van der Waals surface area contributed by atoms with E-state index in [1.54, 1.807) is 11.0 Å². The lowest BCUT2D eigenvalue weighted by Gasteiger charge is -2.17. The second kappa shape index (κ2) is 6.33. The normalized spacial score (nSPS) is 17.3. The molecule has 5 nitrogen and oxygen atoms in total. The molecule has 3 aromatic rings. The van der Waals surface area contributed by atoms with Crippen LogP contribution in [0, 0.1) is 6.92 Å². The Morgan fingerprint density at radius 1 is 1.16 bits per heavy atom. The molecule has 2 aromatic carbocycles. The van der Waals surface area contributed by atoms with Gasteiger partial charge in [0.25, 0.3) is 0 Å². The van der Waals surface area contributed by atoms with Gasteiger partial charge in [-0.15, -0.1) is 0 Å². The molecule has 0 N–H and O–H groups in total. The van der Waals surface area contributed by atoms with Crippen LogP contribution < -0.4 is 4.90 Å². The monoisotopic (exact) mass is 353 g/mol. The van der Waals surface area contributed by atoms with E-state index >= 15 is 0 Å². The highest BCUT2D eigenvalue weighted by Gasteiger charge is 2.35. The van der Waals surface area contributed by atoms with Crippen LogP contribution in [0.4, 0.5) is 5.69 Å². The molecule has 4 rings (SSSR count). The van der Waals surface area contributed by atoms with Crippen LogP contribution in [0.25, 0.3) is 11.4 Å². The van der Waals surface area contributed by atoms with Gasteiger partial charge in [-0.1, -0.05) is 58.7 Å². The van der Waals surface area contributed by atoms with Crippen LogP contribution in [0.5, 0.6) is 0 Å². The van der Waals surface area contributed by atoms with Crippen molar-refractivity contribution in [3.8, 4) is 11.4 Å². The summed E-state index contributed by atoms with van der Waals surface area (Å²) in [5.41, 5.74) is 2.78. The van der Waals surface area contributed by atoms with Gasteiger partial charge >= 0.3 is 0 Å². The molecule has 1 amide bonds. The van der Waals surface area contributed by atoms with Crippen molar-refractivity contribution in [1.29, 1.82) is 0 Å². The number of aryl methyl sites for hydroxylation is 1. The summed E-state index contributed by atoms with van der Waals surface area (Å²) in [6.07, 6.45) is 0.334. The molecule has 0 unspecified atom stereocenters. The quantitative estimate of drug-likeness (QED) is 0.707. The van der Waals surface area contributed by atoms with E-state index in [1.807, 2.05) is 49.4 Å². The summed E-state index contributed by atoms with van der Waals surface area (Å²) in [6, 6.07) is 15.3. The fourth-order valence-electron chi connectivity index (χ4n) is 3.00. The van der Waals surface area contributed by atoms with E-state index in [4.69, 9.17) is 16.1 Å². The van der Waals surface area contributed by atoms with E-state index in [-0.39, 0.29) is 11.8 Å². The summed E-state index contributed by atoms with van der Waals surface area (Å²) in [7, 11) is 0. The Morgan fingerprint density at radius 3 is 2.68 bits per heavy atom. The molecular formula is C19H16ClN3O2. The van der Waals surface area contributed by atoms with Gasteiger partial charge in [-0.2, -0.15) is 4.98 Å². The van der Waals surface area contributed by atoms with Gasteiger partial charge in [0.05, 0.1) is 16.6 Å². The Hall–Kier alpha value is -2.66. The lowest BCUT2D eigenvalue weighted by molar-refractivity contribution is -0.117. The van der Waals surface area contributed by atoms with Crippen molar-refractivity contribution in [2.45, 2.75) is 19.3 Å². The van der Waals surface area contributed by atoms with E-state index in [2.05, 4.69) is 10.1 Å². The number of carbonyl (C=O) groups is 1. The lowest BCUT2D eigenvalue weighted by atomic mass is 10.1. The third-order valence-corrected chi connectivity index (χ3v) is 4.69. The van der Waals surface area contributed by atoms with Gasteiger partial charge in [0.15, 0.2) is 0 Å². The summed E-state index contributed by atoms with van der Waals surface area (Å²) in [5, 5.41) is 4.62. The van der Waals surface area contributed by atoms with Crippen LogP contribution in [0.1, 0.15) is 23.8 Å². The number of halogens is 1. The number of hydrogen-bond acceptors (Lipinski definition) is 4. The molecule has 1 aliphatic heterocycles. The van der Waals surface area contributed by atoms with Crippen LogP contribution in [-0.2, 0) is 4.79 Å². The van der Waals surface area contributed by atoms with Crippen molar-refractivity contribution < 1.29 is 9.32 Å². The topological polar surface area (TPSA) is 59.2 Å². The van der Waals surface area contributed by atoms with Gasteiger partial charge in [-0.3, -0.25) is 4.79 Å². The lowest BCUT2D eigenvalue weighted by Crippen LogP contribution is -2.24. The number of aromatic nitrogens is 2. The number of nitrogens with zero attached hydrogens (tertiary/aromatic N) is 3. The minimum absolute atomic E-state index is 0.00758. The van der Waals surface area contributed by atoms with Gasteiger partial charge in [0.2, 0.25) is 17.6 Å². The van der Waals surface area contributed by atoms with Crippen molar-refractivity contribution in [2.75, 3.05) is 11.4 Å². The first-order valence-electron chi connectivity index (χ1n) is 8.07. The number of carbonyl (C=O) groups excluding carboxylic acids is 1. The van der Waals surface area contributed by atoms with E-state index < -0.39 is 0 Å². The minimum Gasteiger partial charge on any atom is -0.339 e. The Bertz CT molecular complexity index is 920. The van der Waals surface area contributed by atoms with Crippen LogP contribution in [0.2, 0.25) is 5.02 Å². The molecule has 6 heteroatoms. The van der Waals surface area contributed by atoms with Gasteiger partial charge in [0, 0.05) is 18.5 Å². The van der Waals surface area contributed by atoms with Crippen molar-refractivity contribution >= 4 is 23.2 Å². The molecule has 1 aliphatic rings. The highest BCUT2D eigenvalue weighted by atomic mass is 35.5. The maximum atomic E-state index is 12.4. The summed E-state index contributed by atoms with van der Waals surface area (Å²) < 4.78 is 5.42. The van der Waals surface area contributed by atoms with Gasteiger partial charge in [0.1, 0.15) is 0 Å². The van der Waals surface area contributed by atoms with E-state index in [0.717, 1.165) is 11.3 Å². The SMILES string of the molecule is Cc1ccc(-c2noc([C@H]3CC(=O)N(c4ccccc4Cl)C3)n2)cc1. The molecule has 1 atom stereocenters. The number of hydrogen-bond donors (Lipinski definition) is 0. The maximum absolute atomic E-state index is 12.4. The zero-order valence-electron chi connectivity index (χ0n) is 13.6. The fraction of sp³-hybridized carbons (Fsp3) is 0.211. The largest absolute Gasteiger partial charge is 0.339 e. The van der Waals surface area contributed by atoms with Gasteiger partial charge < -0.3 is 9.42 Å². The molecular weight excluding hydrogens is 338 g/mol. The van der Waals surface area contributed by atoms with E-state index in [0.29, 0.717) is 29.7 Å². The predicted octanol–water partition coefficient (Wildman–Crippen LogP) is 4.22. The number of benzene rings is 2. The summed E-state index contributed by atoms with van der Waals surface area (Å²) in [4.78, 5) is 18.6. The standard InChI is InChI=1S/C19H16ClN3O2/c1-12-6-8-13(9-7-12)18-21-19(25-22-18)14-10-17(24)23(11-14)16-5-3-2-4-15(16)20/h2-9,14H,10-11H2,1H3/t14-/m0/s1. The average molecular weight is 354 g/mol. The third kappa shape index (κ3) is 3.03. The zero-order valence-corrected chi connectivity index (χ0v) is 14.4. The maximum Gasteiger partial charge on any atom is 0.232 e. The molecule has 0 bridgehead atoms. The first-order chi connectivity index (χ1) is 12.1. The minimum atomic E-state index is -0.129. The second-order valence-corrected chi connectivity index (χ2v) is 6.59. The molecule has 2 heterocycles. The fourth-order valence-corrected chi connectivity index (χ4v) is 3.24. The van der Waals surface area contributed by atoms with E-state index in [1.165, 1.54) is 5.56 Å². The highest BCUT2D eigenvalue weighted by Crippen LogP contribution is 2.35. The molecule has 1 aromatic heterocycles. The van der Waals surface area contributed by atoms with Crippen LogP contribution in [0.15, 0.2) is 53.1 Å². The Labute approximate surface area is 150 Å². The summed E-state index contributed by atoms with van der Waals surface area (Å²) in [5.74, 6) is 0.903. The molecule has 0 radical (unpaired) electrons. The number of rotatable bonds is 3.